The molecule has 3 nitrogen and oxygen atoms in total. The van der Waals surface area contributed by atoms with Crippen molar-refractivity contribution in [3.05, 3.63) is 0 Å². The molecule has 2 rings (SSSR count). The van der Waals surface area contributed by atoms with Crippen LogP contribution in [0.3, 0.4) is 0 Å². The Morgan fingerprint density at radius 1 is 1.26 bits per heavy atom. The number of ether oxygens (including phenoxy) is 1. The fraction of sp³-hybridized carbons (Fsp3) is 1.00. The maximum atomic E-state index is 5.60. The van der Waals surface area contributed by atoms with Crippen molar-refractivity contribution in [2.75, 3.05) is 39.4 Å². The molecule has 0 saturated carbocycles. The molecule has 0 aromatic rings. The third-order valence-electron chi connectivity index (χ3n) is 5.35. The van der Waals surface area contributed by atoms with Gasteiger partial charge in [-0.2, -0.15) is 0 Å². The summed E-state index contributed by atoms with van der Waals surface area (Å²) >= 11 is 0. The first-order valence-electron chi connectivity index (χ1n) is 8.19. The van der Waals surface area contributed by atoms with Crippen LogP contribution in [0, 0.1) is 11.3 Å². The lowest BCUT2D eigenvalue weighted by molar-refractivity contribution is -0.0217. The third-order valence-corrected chi connectivity index (χ3v) is 5.35. The smallest absolute Gasteiger partial charge is 0.0472 e. The SMILES string of the molecule is CCNCC1(CN2CCCC(C)C2C)CCOCC1. The Balaban J connectivity index is 1.98. The van der Waals surface area contributed by atoms with Crippen LogP contribution in [-0.4, -0.2) is 50.3 Å². The van der Waals surface area contributed by atoms with Gasteiger partial charge in [0.25, 0.3) is 0 Å². The molecule has 2 atom stereocenters. The second-order valence-electron chi connectivity index (χ2n) is 6.72. The van der Waals surface area contributed by atoms with Gasteiger partial charge in [0, 0.05) is 32.3 Å². The van der Waals surface area contributed by atoms with Gasteiger partial charge in [0.05, 0.1) is 0 Å². The fourth-order valence-electron chi connectivity index (χ4n) is 3.66. The van der Waals surface area contributed by atoms with E-state index in [9.17, 15) is 0 Å². The molecule has 0 aliphatic carbocycles. The molecule has 1 N–H and O–H groups in total. The number of nitrogens with zero attached hydrogens (tertiary/aromatic N) is 1. The number of nitrogens with one attached hydrogen (secondary N) is 1. The number of piperidine rings is 1. The molecular formula is C16H32N2O. The van der Waals surface area contributed by atoms with E-state index in [1.54, 1.807) is 0 Å². The molecule has 0 radical (unpaired) electrons. The molecule has 0 aromatic heterocycles. The van der Waals surface area contributed by atoms with Gasteiger partial charge >= 0.3 is 0 Å². The largest absolute Gasteiger partial charge is 0.381 e. The Kier molecular flexibility index (Phi) is 5.67. The maximum absolute atomic E-state index is 5.60. The Labute approximate surface area is 119 Å². The molecule has 112 valence electrons. The molecule has 2 heterocycles. The van der Waals surface area contributed by atoms with Crippen molar-refractivity contribution in [1.29, 1.82) is 0 Å². The zero-order valence-corrected chi connectivity index (χ0v) is 13.1. The summed E-state index contributed by atoms with van der Waals surface area (Å²) in [7, 11) is 0. The Morgan fingerprint density at radius 2 is 2.00 bits per heavy atom. The van der Waals surface area contributed by atoms with E-state index in [1.807, 2.05) is 0 Å². The first-order valence-corrected chi connectivity index (χ1v) is 8.19. The normalized spacial score (nSPS) is 32.4. The van der Waals surface area contributed by atoms with E-state index in [4.69, 9.17) is 4.74 Å². The van der Waals surface area contributed by atoms with Gasteiger partial charge in [-0.1, -0.05) is 13.8 Å². The van der Waals surface area contributed by atoms with E-state index in [0.29, 0.717) is 5.41 Å². The van der Waals surface area contributed by atoms with Crippen LogP contribution in [0.25, 0.3) is 0 Å². The van der Waals surface area contributed by atoms with Gasteiger partial charge in [0.1, 0.15) is 0 Å². The number of hydrogen-bond donors (Lipinski definition) is 1. The van der Waals surface area contributed by atoms with Crippen molar-refractivity contribution in [2.24, 2.45) is 11.3 Å². The minimum Gasteiger partial charge on any atom is -0.381 e. The molecule has 2 aliphatic rings. The topological polar surface area (TPSA) is 24.5 Å². The lowest BCUT2D eigenvalue weighted by atomic mass is 9.78. The van der Waals surface area contributed by atoms with Gasteiger partial charge in [-0.25, -0.2) is 0 Å². The van der Waals surface area contributed by atoms with Crippen LogP contribution < -0.4 is 5.32 Å². The van der Waals surface area contributed by atoms with Crippen molar-refractivity contribution in [2.45, 2.75) is 52.5 Å². The van der Waals surface area contributed by atoms with Crippen LogP contribution in [0.2, 0.25) is 0 Å². The zero-order chi connectivity index (χ0) is 13.7. The molecule has 0 aromatic carbocycles. The Bertz CT molecular complexity index is 263. The van der Waals surface area contributed by atoms with Crippen LogP contribution in [0.5, 0.6) is 0 Å². The molecule has 2 saturated heterocycles. The highest BCUT2D eigenvalue weighted by Gasteiger charge is 2.36. The van der Waals surface area contributed by atoms with Gasteiger partial charge in [-0.3, -0.25) is 4.90 Å². The minimum absolute atomic E-state index is 0.444. The molecule has 0 bridgehead atoms. The Hall–Kier alpha value is -0.120. The minimum atomic E-state index is 0.444. The summed E-state index contributed by atoms with van der Waals surface area (Å²) in [5.74, 6) is 0.852. The predicted molar refractivity (Wildman–Crippen MR) is 80.5 cm³/mol. The van der Waals surface area contributed by atoms with Crippen molar-refractivity contribution in [3.8, 4) is 0 Å². The van der Waals surface area contributed by atoms with E-state index in [2.05, 4.69) is 31.0 Å². The predicted octanol–water partition coefficient (Wildman–Crippen LogP) is 2.51. The number of hydrogen-bond acceptors (Lipinski definition) is 3. The monoisotopic (exact) mass is 268 g/mol. The highest BCUT2D eigenvalue weighted by atomic mass is 16.5. The average molecular weight is 268 g/mol. The summed E-state index contributed by atoms with van der Waals surface area (Å²) in [6.45, 7) is 13.7. The quantitative estimate of drug-likeness (QED) is 0.829. The van der Waals surface area contributed by atoms with Gasteiger partial charge < -0.3 is 10.1 Å². The van der Waals surface area contributed by atoms with E-state index >= 15 is 0 Å². The summed E-state index contributed by atoms with van der Waals surface area (Å²) in [6.07, 6.45) is 5.22. The highest BCUT2D eigenvalue weighted by Crippen LogP contribution is 2.34. The van der Waals surface area contributed by atoms with Crippen LogP contribution in [0.15, 0.2) is 0 Å². The number of rotatable bonds is 5. The van der Waals surface area contributed by atoms with Crippen LogP contribution >= 0.6 is 0 Å². The van der Waals surface area contributed by atoms with Gasteiger partial charge in [0.15, 0.2) is 0 Å². The lowest BCUT2D eigenvalue weighted by Crippen LogP contribution is -2.52. The summed E-state index contributed by atoms with van der Waals surface area (Å²) in [4.78, 5) is 2.75. The van der Waals surface area contributed by atoms with E-state index in [0.717, 1.165) is 38.3 Å². The zero-order valence-electron chi connectivity index (χ0n) is 13.1. The standard InChI is InChI=1S/C16H32N2O/c1-4-17-12-16(7-10-19-11-8-16)13-18-9-5-6-14(2)15(18)3/h14-15,17H,4-13H2,1-3H3. The second-order valence-corrected chi connectivity index (χ2v) is 6.72. The van der Waals surface area contributed by atoms with E-state index < -0.39 is 0 Å². The van der Waals surface area contributed by atoms with Gasteiger partial charge in [-0.05, 0) is 57.0 Å². The molecule has 2 aliphatic heterocycles. The summed E-state index contributed by atoms with van der Waals surface area (Å²) in [6, 6.07) is 0.745. The Morgan fingerprint density at radius 3 is 2.68 bits per heavy atom. The van der Waals surface area contributed by atoms with Gasteiger partial charge in [-0.15, -0.1) is 0 Å². The van der Waals surface area contributed by atoms with Crippen LogP contribution in [-0.2, 0) is 4.74 Å². The molecule has 3 heteroatoms. The third kappa shape index (κ3) is 3.93. The maximum Gasteiger partial charge on any atom is 0.0472 e. The molecular weight excluding hydrogens is 236 g/mol. The van der Waals surface area contributed by atoms with Crippen LogP contribution in [0.4, 0.5) is 0 Å². The fourth-order valence-corrected chi connectivity index (χ4v) is 3.66. The summed E-state index contributed by atoms with van der Waals surface area (Å²) in [5.41, 5.74) is 0.444. The molecule has 2 unspecified atom stereocenters. The molecule has 2 fully saturated rings. The molecule has 19 heavy (non-hydrogen) atoms. The summed E-state index contributed by atoms with van der Waals surface area (Å²) in [5, 5.41) is 3.59. The van der Waals surface area contributed by atoms with Crippen LogP contribution in [0.1, 0.15) is 46.5 Å². The van der Waals surface area contributed by atoms with Crippen molar-refractivity contribution >= 4 is 0 Å². The summed E-state index contributed by atoms with van der Waals surface area (Å²) < 4.78 is 5.60. The molecule has 0 spiro atoms. The first-order chi connectivity index (χ1) is 9.17. The number of likely N-dealkylation sites (tertiary alicyclic amines) is 1. The van der Waals surface area contributed by atoms with E-state index in [-0.39, 0.29) is 0 Å². The highest BCUT2D eigenvalue weighted by molar-refractivity contribution is 4.90. The average Bonchev–Trinajstić information content (AvgIpc) is 2.43. The lowest BCUT2D eigenvalue weighted by Gasteiger charge is -2.46. The second kappa shape index (κ2) is 7.05. The van der Waals surface area contributed by atoms with Crippen molar-refractivity contribution in [1.82, 2.24) is 10.2 Å². The van der Waals surface area contributed by atoms with Gasteiger partial charge in [0.2, 0.25) is 0 Å². The van der Waals surface area contributed by atoms with Crippen molar-refractivity contribution < 1.29 is 4.74 Å². The van der Waals surface area contributed by atoms with Crippen molar-refractivity contribution in [3.63, 3.8) is 0 Å². The van der Waals surface area contributed by atoms with E-state index in [1.165, 1.54) is 38.8 Å². The molecule has 0 amide bonds. The first kappa shape index (κ1) is 15.3.